The van der Waals surface area contributed by atoms with Crippen molar-refractivity contribution in [3.8, 4) is 16.9 Å². The average Bonchev–Trinajstić information content (AvgIpc) is 3.57. The Kier molecular flexibility index (Phi) is 11.9. The van der Waals surface area contributed by atoms with E-state index in [0.29, 0.717) is 31.5 Å². The van der Waals surface area contributed by atoms with Gasteiger partial charge in [0.2, 0.25) is 5.91 Å². The van der Waals surface area contributed by atoms with E-state index in [1.54, 1.807) is 31.4 Å². The molecule has 6 aromatic rings. The zero-order chi connectivity index (χ0) is 38.9. The van der Waals surface area contributed by atoms with Crippen molar-refractivity contribution in [2.75, 3.05) is 25.5 Å². The van der Waals surface area contributed by atoms with Crippen LogP contribution in [-0.4, -0.2) is 53.4 Å². The summed E-state index contributed by atoms with van der Waals surface area (Å²) in [5.41, 5.74) is 8.06. The summed E-state index contributed by atoms with van der Waals surface area (Å²) in [6.07, 6.45) is 0.428. The Hall–Kier alpha value is -6.22. The molecule has 0 radical (unpaired) electrons. The smallest absolute Gasteiger partial charge is 0.408 e. The number of amides is 2. The van der Waals surface area contributed by atoms with E-state index < -0.39 is 23.6 Å². The van der Waals surface area contributed by atoms with Gasteiger partial charge in [-0.3, -0.25) is 15.0 Å². The van der Waals surface area contributed by atoms with Gasteiger partial charge >= 0.3 is 6.09 Å². The molecule has 0 aromatic heterocycles. The maximum atomic E-state index is 14.2. The number of benzene rings is 6. The van der Waals surface area contributed by atoms with Crippen molar-refractivity contribution < 1.29 is 24.5 Å². The van der Waals surface area contributed by atoms with Crippen LogP contribution >= 0.6 is 0 Å². The van der Waals surface area contributed by atoms with Gasteiger partial charge in [-0.1, -0.05) is 133 Å². The van der Waals surface area contributed by atoms with Crippen molar-refractivity contribution in [1.82, 2.24) is 10.2 Å². The first-order chi connectivity index (χ1) is 27.4. The van der Waals surface area contributed by atoms with Gasteiger partial charge in [-0.2, -0.15) is 0 Å². The molecule has 1 atom stereocenters. The highest BCUT2D eigenvalue weighted by Crippen LogP contribution is 2.45. The normalized spacial score (nSPS) is 12.7. The Morgan fingerprint density at radius 2 is 1.23 bits per heavy atom. The van der Waals surface area contributed by atoms with E-state index in [2.05, 4.69) is 71.3 Å². The van der Waals surface area contributed by atoms with E-state index in [1.165, 1.54) is 4.90 Å². The fraction of sp³-hybridized carbons (Fsp3) is 0.208. The third-order valence-corrected chi connectivity index (χ3v) is 10.9. The van der Waals surface area contributed by atoms with Crippen molar-refractivity contribution in [1.29, 1.82) is 0 Å². The fourth-order valence-electron chi connectivity index (χ4n) is 8.10. The molecule has 0 heterocycles. The molecule has 6 aromatic carbocycles. The van der Waals surface area contributed by atoms with Crippen molar-refractivity contribution >= 4 is 17.7 Å². The van der Waals surface area contributed by atoms with Gasteiger partial charge in [0, 0.05) is 18.2 Å². The summed E-state index contributed by atoms with van der Waals surface area (Å²) in [7, 11) is 1.66. The van der Waals surface area contributed by atoms with Crippen LogP contribution in [0.1, 0.15) is 58.6 Å². The van der Waals surface area contributed by atoms with Gasteiger partial charge in [0.15, 0.2) is 0 Å². The molecule has 1 unspecified atom stereocenters. The Balaban J connectivity index is 1.16. The maximum absolute atomic E-state index is 14.2. The lowest BCUT2D eigenvalue weighted by molar-refractivity contribution is -0.121. The molecule has 0 saturated carbocycles. The third-order valence-electron chi connectivity index (χ3n) is 10.9. The second kappa shape index (κ2) is 17.5. The first kappa shape index (κ1) is 38.1. The number of hydrogen-bond donors (Lipinski definition) is 4. The van der Waals surface area contributed by atoms with Gasteiger partial charge in [-0.15, -0.1) is 0 Å². The highest BCUT2D eigenvalue weighted by Gasteiger charge is 2.38. The number of unbranched alkanes of at least 4 members (excludes halogenated alkanes) is 1. The molecule has 56 heavy (non-hydrogen) atoms. The number of rotatable bonds is 16. The summed E-state index contributed by atoms with van der Waals surface area (Å²) in [5.74, 6) is 0.156. The van der Waals surface area contributed by atoms with Crippen LogP contribution in [0.15, 0.2) is 158 Å². The van der Waals surface area contributed by atoms with Crippen LogP contribution in [0.2, 0.25) is 0 Å². The first-order valence-corrected chi connectivity index (χ1v) is 19.1. The Labute approximate surface area is 328 Å². The number of nitrogens with one attached hydrogen (secondary N) is 2. The summed E-state index contributed by atoms with van der Waals surface area (Å²) >= 11 is 0. The Morgan fingerprint density at radius 3 is 1.77 bits per heavy atom. The predicted molar refractivity (Wildman–Crippen MR) is 221 cm³/mol. The minimum absolute atomic E-state index is 0.115. The number of aliphatic hydroxyl groups excluding tert-OH is 1. The molecule has 0 aliphatic heterocycles. The number of carbonyl (C=O) groups excluding carboxylic acids is 1. The molecule has 1 aliphatic carbocycles. The summed E-state index contributed by atoms with van der Waals surface area (Å²) in [5, 5.41) is 27.2. The van der Waals surface area contributed by atoms with Crippen LogP contribution in [-0.2, 0) is 16.9 Å². The molecule has 284 valence electrons. The number of carbonyl (C=O) groups is 2. The molecule has 7 rings (SSSR count). The van der Waals surface area contributed by atoms with Gasteiger partial charge in [-0.25, -0.2) is 4.79 Å². The molecule has 8 heteroatoms. The summed E-state index contributed by atoms with van der Waals surface area (Å²) in [6.45, 7) is 0.602. The van der Waals surface area contributed by atoms with Crippen molar-refractivity contribution in [3.63, 3.8) is 0 Å². The summed E-state index contributed by atoms with van der Waals surface area (Å²) < 4.78 is 5.50. The van der Waals surface area contributed by atoms with Gasteiger partial charge in [0.25, 0.3) is 0 Å². The quantitative estimate of drug-likeness (QED) is 0.0582. The fourth-order valence-corrected chi connectivity index (χ4v) is 8.10. The largest absolute Gasteiger partial charge is 0.497 e. The van der Waals surface area contributed by atoms with Gasteiger partial charge < -0.3 is 20.3 Å². The van der Waals surface area contributed by atoms with Crippen LogP contribution in [0.25, 0.3) is 11.1 Å². The number of hydrogen-bond acceptors (Lipinski definition) is 5. The third kappa shape index (κ3) is 7.94. The highest BCUT2D eigenvalue weighted by atomic mass is 16.5. The number of methoxy groups -OCH3 is 1. The second-order valence-corrected chi connectivity index (χ2v) is 14.2. The minimum Gasteiger partial charge on any atom is -0.497 e. The molecule has 2 amide bonds. The molecule has 0 spiro atoms. The Morgan fingerprint density at radius 1 is 0.696 bits per heavy atom. The molecule has 0 fully saturated rings. The first-order valence-electron chi connectivity index (χ1n) is 19.1. The molecule has 0 bridgehead atoms. The molecular weight excluding hydrogens is 699 g/mol. The number of ether oxygens (including phenoxy) is 1. The average molecular weight is 746 g/mol. The van der Waals surface area contributed by atoms with E-state index in [1.807, 2.05) is 72.8 Å². The van der Waals surface area contributed by atoms with Gasteiger partial charge in [0.05, 0.1) is 19.3 Å². The monoisotopic (exact) mass is 745 g/mol. The van der Waals surface area contributed by atoms with Gasteiger partial charge in [0.1, 0.15) is 11.8 Å². The van der Waals surface area contributed by atoms with Crippen LogP contribution in [0, 0.1) is 0 Å². The molecule has 8 nitrogen and oxygen atoms in total. The van der Waals surface area contributed by atoms with Crippen molar-refractivity contribution in [2.24, 2.45) is 0 Å². The zero-order valence-corrected chi connectivity index (χ0v) is 31.5. The summed E-state index contributed by atoms with van der Waals surface area (Å²) in [4.78, 5) is 28.8. The number of carboxylic acid groups (broad SMARTS) is 1. The lowest BCUT2D eigenvalue weighted by Crippen LogP contribution is -2.48. The van der Waals surface area contributed by atoms with E-state index >= 15 is 0 Å². The second-order valence-electron chi connectivity index (χ2n) is 14.2. The Bertz CT molecular complexity index is 2140. The highest BCUT2D eigenvalue weighted by molar-refractivity contribution is 5.96. The van der Waals surface area contributed by atoms with Gasteiger partial charge in [-0.05, 0) is 94.6 Å². The van der Waals surface area contributed by atoms with E-state index in [-0.39, 0.29) is 19.1 Å². The molecule has 0 saturated heterocycles. The lowest BCUT2D eigenvalue weighted by Gasteiger charge is -2.37. The molecular formula is C48H47N3O5. The maximum Gasteiger partial charge on any atom is 0.408 e. The predicted octanol–water partition coefficient (Wildman–Crippen LogP) is 9.04. The number of nitrogens with zero attached hydrogens (tertiary/aromatic N) is 1. The van der Waals surface area contributed by atoms with Crippen LogP contribution in [0.5, 0.6) is 5.75 Å². The van der Waals surface area contributed by atoms with Crippen molar-refractivity contribution in [2.45, 2.75) is 43.4 Å². The zero-order valence-electron chi connectivity index (χ0n) is 31.5. The number of aliphatic hydroxyl groups is 1. The SMILES string of the molecule is COc1ccc(C(NCCCCC(C(=O)Nc2ccc(CO)cc2)N(CC2c3ccccc3-c3ccccc32)C(=O)O)(c2ccccc2)c2ccccc2)cc1. The summed E-state index contributed by atoms with van der Waals surface area (Å²) in [6, 6.07) is 51.0. The van der Waals surface area contributed by atoms with Crippen LogP contribution in [0.3, 0.4) is 0 Å². The van der Waals surface area contributed by atoms with Crippen LogP contribution < -0.4 is 15.4 Å². The minimum atomic E-state index is -1.15. The lowest BCUT2D eigenvalue weighted by atomic mass is 9.77. The van der Waals surface area contributed by atoms with E-state index in [9.17, 15) is 19.8 Å². The topological polar surface area (TPSA) is 111 Å². The van der Waals surface area contributed by atoms with Crippen LogP contribution in [0.4, 0.5) is 10.5 Å². The van der Waals surface area contributed by atoms with Crippen molar-refractivity contribution in [3.05, 3.63) is 191 Å². The molecule has 4 N–H and O–H groups in total. The number of fused-ring (bicyclic) bond motifs is 3. The molecule has 1 aliphatic rings. The van der Waals surface area contributed by atoms with E-state index in [4.69, 9.17) is 4.74 Å². The van der Waals surface area contributed by atoms with E-state index in [0.717, 1.165) is 50.3 Å². The number of anilines is 1. The standard InChI is InChI=1S/C48H47N3O5/c1-56-39-29-25-37(26-30-39)48(35-14-4-2-5-15-35,36-16-6-3-7-17-36)49-31-13-12-22-45(46(53)50-38-27-23-34(33-52)24-28-38)51(47(54)55)32-44-42-20-10-8-18-40(42)41-19-9-11-21-43(41)44/h2-11,14-21,23-30,44-45,49,52H,12-13,22,31-33H2,1H3,(H,50,53)(H,54,55).